The maximum atomic E-state index is 13.6. The minimum atomic E-state index is -0.168. The predicted octanol–water partition coefficient (Wildman–Crippen LogP) is 4.23. The van der Waals surface area contributed by atoms with Crippen molar-refractivity contribution in [1.82, 2.24) is 15.6 Å². The quantitative estimate of drug-likeness (QED) is 0.338. The molecule has 30 heavy (non-hydrogen) atoms. The molecule has 1 aliphatic heterocycles. The van der Waals surface area contributed by atoms with Gasteiger partial charge in [-0.2, -0.15) is 0 Å². The van der Waals surface area contributed by atoms with Gasteiger partial charge in [-0.05, 0) is 67.5 Å². The zero-order valence-corrected chi connectivity index (χ0v) is 19.9. The summed E-state index contributed by atoms with van der Waals surface area (Å²) in [6.07, 6.45) is 7.84. The van der Waals surface area contributed by atoms with E-state index in [4.69, 9.17) is 0 Å². The number of benzene rings is 1. The van der Waals surface area contributed by atoms with Crippen LogP contribution in [-0.4, -0.2) is 37.6 Å². The predicted molar refractivity (Wildman–Crippen MR) is 131 cm³/mol. The number of guanidine groups is 1. The third kappa shape index (κ3) is 5.62. The highest BCUT2D eigenvalue weighted by Crippen LogP contribution is 2.47. The molecular formula is C23H31FIN5. The SMILES string of the molecule is CN=C(NCc1ccnc(N2CCCCC2)c1)NCC1(c2cccc(F)c2)CC1.I. The van der Waals surface area contributed by atoms with Crippen molar-refractivity contribution in [3.63, 3.8) is 0 Å². The van der Waals surface area contributed by atoms with Gasteiger partial charge in [-0.15, -0.1) is 24.0 Å². The van der Waals surface area contributed by atoms with Crippen LogP contribution in [0.25, 0.3) is 0 Å². The van der Waals surface area contributed by atoms with E-state index in [1.807, 2.05) is 18.3 Å². The number of hydrogen-bond acceptors (Lipinski definition) is 3. The molecule has 7 heteroatoms. The number of aromatic nitrogens is 1. The molecule has 4 rings (SSSR count). The molecule has 1 saturated carbocycles. The van der Waals surface area contributed by atoms with E-state index in [2.05, 4.69) is 31.6 Å². The van der Waals surface area contributed by atoms with E-state index in [0.717, 1.165) is 49.8 Å². The number of rotatable bonds is 6. The minimum Gasteiger partial charge on any atom is -0.357 e. The molecule has 162 valence electrons. The molecule has 2 aliphatic rings. The van der Waals surface area contributed by atoms with Crippen LogP contribution in [0.5, 0.6) is 0 Å². The molecule has 0 atom stereocenters. The first-order chi connectivity index (χ1) is 14.2. The Bertz CT molecular complexity index is 862. The number of halogens is 2. The van der Waals surface area contributed by atoms with Gasteiger partial charge in [0, 0.05) is 44.8 Å². The second-order valence-electron chi connectivity index (χ2n) is 8.14. The summed E-state index contributed by atoms with van der Waals surface area (Å²) in [4.78, 5) is 11.3. The number of piperidine rings is 1. The molecule has 0 amide bonds. The molecular weight excluding hydrogens is 492 g/mol. The zero-order valence-electron chi connectivity index (χ0n) is 17.5. The van der Waals surface area contributed by atoms with Crippen LogP contribution in [0.2, 0.25) is 0 Å². The van der Waals surface area contributed by atoms with Gasteiger partial charge in [0.1, 0.15) is 11.6 Å². The Hall–Kier alpha value is -1.90. The Kier molecular flexibility index (Phi) is 7.91. The molecule has 5 nitrogen and oxygen atoms in total. The summed E-state index contributed by atoms with van der Waals surface area (Å²) in [5.41, 5.74) is 2.29. The Morgan fingerprint density at radius 3 is 2.63 bits per heavy atom. The fourth-order valence-electron chi connectivity index (χ4n) is 4.06. The molecule has 2 N–H and O–H groups in total. The first-order valence-electron chi connectivity index (χ1n) is 10.6. The van der Waals surface area contributed by atoms with Crippen molar-refractivity contribution in [2.24, 2.45) is 4.99 Å². The molecule has 0 radical (unpaired) electrons. The zero-order chi connectivity index (χ0) is 20.1. The number of nitrogens with zero attached hydrogens (tertiary/aromatic N) is 3. The van der Waals surface area contributed by atoms with Crippen LogP contribution >= 0.6 is 24.0 Å². The van der Waals surface area contributed by atoms with E-state index < -0.39 is 0 Å². The normalized spacial score (nSPS) is 17.8. The van der Waals surface area contributed by atoms with Crippen LogP contribution in [0.1, 0.15) is 43.2 Å². The smallest absolute Gasteiger partial charge is 0.191 e. The van der Waals surface area contributed by atoms with E-state index in [1.54, 1.807) is 19.2 Å². The first-order valence-corrected chi connectivity index (χ1v) is 10.6. The van der Waals surface area contributed by atoms with Gasteiger partial charge in [-0.25, -0.2) is 9.37 Å². The molecule has 1 aliphatic carbocycles. The van der Waals surface area contributed by atoms with Crippen LogP contribution in [0.15, 0.2) is 47.6 Å². The fourth-order valence-corrected chi connectivity index (χ4v) is 4.06. The van der Waals surface area contributed by atoms with Crippen molar-refractivity contribution >= 4 is 35.8 Å². The van der Waals surface area contributed by atoms with Crippen molar-refractivity contribution in [2.45, 2.75) is 44.1 Å². The lowest BCUT2D eigenvalue weighted by atomic mass is 9.96. The molecule has 1 saturated heterocycles. The third-order valence-corrected chi connectivity index (χ3v) is 6.06. The topological polar surface area (TPSA) is 52.6 Å². The molecule has 0 spiro atoms. The molecule has 2 aromatic rings. The van der Waals surface area contributed by atoms with Gasteiger partial charge in [-0.1, -0.05) is 12.1 Å². The number of anilines is 1. The molecule has 2 heterocycles. The van der Waals surface area contributed by atoms with E-state index in [9.17, 15) is 4.39 Å². The monoisotopic (exact) mass is 523 g/mol. The highest BCUT2D eigenvalue weighted by molar-refractivity contribution is 14.0. The standard InChI is InChI=1S/C23H30FN5.HI/c1-25-22(28-17-23(9-10-23)19-6-5-7-20(24)15-19)27-16-18-8-11-26-21(14-18)29-12-3-2-4-13-29;/h5-8,11,14-15H,2-4,9-10,12-13,16-17H2,1H3,(H2,25,27,28);1H. The summed E-state index contributed by atoms with van der Waals surface area (Å²) in [7, 11) is 1.78. The number of aliphatic imine (C=N–C) groups is 1. The minimum absolute atomic E-state index is 0. The van der Waals surface area contributed by atoms with Crippen molar-refractivity contribution in [1.29, 1.82) is 0 Å². The Labute approximate surface area is 195 Å². The van der Waals surface area contributed by atoms with Crippen molar-refractivity contribution in [3.05, 3.63) is 59.5 Å². The van der Waals surface area contributed by atoms with Gasteiger partial charge >= 0.3 is 0 Å². The average molecular weight is 523 g/mol. The van der Waals surface area contributed by atoms with Crippen molar-refractivity contribution in [2.75, 3.05) is 31.6 Å². The average Bonchev–Trinajstić information content (AvgIpc) is 3.56. The Morgan fingerprint density at radius 1 is 1.13 bits per heavy atom. The van der Waals surface area contributed by atoms with Crippen LogP contribution in [0.3, 0.4) is 0 Å². The Morgan fingerprint density at radius 2 is 1.93 bits per heavy atom. The number of pyridine rings is 1. The summed E-state index contributed by atoms with van der Waals surface area (Å²) in [5.74, 6) is 1.66. The number of nitrogens with one attached hydrogen (secondary N) is 2. The fraction of sp³-hybridized carbons (Fsp3) is 0.478. The molecule has 1 aromatic heterocycles. The second-order valence-corrected chi connectivity index (χ2v) is 8.14. The summed E-state index contributed by atoms with van der Waals surface area (Å²) in [6, 6.07) is 11.2. The lowest BCUT2D eigenvalue weighted by Gasteiger charge is -2.28. The van der Waals surface area contributed by atoms with Gasteiger partial charge in [0.05, 0.1) is 0 Å². The second kappa shape index (κ2) is 10.4. The largest absolute Gasteiger partial charge is 0.357 e. The summed E-state index contributed by atoms with van der Waals surface area (Å²) in [6.45, 7) is 3.63. The Balaban J connectivity index is 0.00000256. The maximum Gasteiger partial charge on any atom is 0.191 e. The van der Waals surface area contributed by atoms with Crippen LogP contribution in [-0.2, 0) is 12.0 Å². The third-order valence-electron chi connectivity index (χ3n) is 6.06. The van der Waals surface area contributed by atoms with E-state index in [0.29, 0.717) is 6.54 Å². The molecule has 0 unspecified atom stereocenters. The van der Waals surface area contributed by atoms with E-state index >= 15 is 0 Å². The van der Waals surface area contributed by atoms with Gasteiger partial charge in [0.25, 0.3) is 0 Å². The van der Waals surface area contributed by atoms with Crippen LogP contribution in [0.4, 0.5) is 10.2 Å². The highest BCUT2D eigenvalue weighted by atomic mass is 127. The summed E-state index contributed by atoms with van der Waals surface area (Å²) in [5, 5.41) is 6.83. The maximum absolute atomic E-state index is 13.6. The van der Waals surface area contributed by atoms with E-state index in [1.165, 1.54) is 30.9 Å². The van der Waals surface area contributed by atoms with Gasteiger partial charge in [0.15, 0.2) is 5.96 Å². The van der Waals surface area contributed by atoms with Crippen LogP contribution < -0.4 is 15.5 Å². The lowest BCUT2D eigenvalue weighted by molar-refractivity contribution is 0.573. The molecule has 1 aromatic carbocycles. The van der Waals surface area contributed by atoms with Gasteiger partial charge < -0.3 is 15.5 Å². The summed E-state index contributed by atoms with van der Waals surface area (Å²) < 4.78 is 13.6. The van der Waals surface area contributed by atoms with Crippen molar-refractivity contribution < 1.29 is 4.39 Å². The number of hydrogen-bond donors (Lipinski definition) is 2. The summed E-state index contributed by atoms with van der Waals surface area (Å²) >= 11 is 0. The highest BCUT2D eigenvalue weighted by Gasteiger charge is 2.44. The molecule has 2 fully saturated rings. The van der Waals surface area contributed by atoms with Crippen LogP contribution in [0, 0.1) is 5.82 Å². The van der Waals surface area contributed by atoms with Gasteiger partial charge in [0.2, 0.25) is 0 Å². The first kappa shape index (κ1) is 22.8. The molecule has 0 bridgehead atoms. The van der Waals surface area contributed by atoms with Crippen molar-refractivity contribution in [3.8, 4) is 0 Å². The van der Waals surface area contributed by atoms with E-state index in [-0.39, 0.29) is 35.2 Å². The van der Waals surface area contributed by atoms with Gasteiger partial charge in [-0.3, -0.25) is 4.99 Å². The lowest BCUT2D eigenvalue weighted by Crippen LogP contribution is -2.41.